The second kappa shape index (κ2) is 11.0. The van der Waals surface area contributed by atoms with E-state index < -0.39 is 0 Å². The van der Waals surface area contributed by atoms with E-state index in [1.165, 1.54) is 12.1 Å². The Morgan fingerprint density at radius 3 is 2.61 bits per heavy atom. The lowest BCUT2D eigenvalue weighted by molar-refractivity contribution is 0.161. The van der Waals surface area contributed by atoms with Gasteiger partial charge in [0.15, 0.2) is 5.82 Å². The summed E-state index contributed by atoms with van der Waals surface area (Å²) < 4.78 is 15.2. The summed E-state index contributed by atoms with van der Waals surface area (Å²) in [4.78, 5) is 22.8. The van der Waals surface area contributed by atoms with E-state index in [-0.39, 0.29) is 17.4 Å². The number of hydrogen-bond donors (Lipinski definition) is 1. The van der Waals surface area contributed by atoms with Crippen LogP contribution >= 0.6 is 0 Å². The highest BCUT2D eigenvalue weighted by Crippen LogP contribution is 2.27. The van der Waals surface area contributed by atoms with Crippen molar-refractivity contribution in [2.75, 3.05) is 0 Å². The van der Waals surface area contributed by atoms with Crippen molar-refractivity contribution in [1.82, 2.24) is 35.1 Å². The van der Waals surface area contributed by atoms with Crippen LogP contribution in [0.15, 0.2) is 71.8 Å². The Balaban J connectivity index is 1.52. The first-order valence-electron chi connectivity index (χ1n) is 12.7. The fourth-order valence-corrected chi connectivity index (χ4v) is 4.98. The number of nitrogens with zero attached hydrogens (tertiary/aromatic N) is 6. The predicted molar refractivity (Wildman–Crippen MR) is 144 cm³/mol. The zero-order chi connectivity index (χ0) is 26.6. The third kappa shape index (κ3) is 5.52. The van der Waals surface area contributed by atoms with E-state index in [9.17, 15) is 9.18 Å². The average molecular weight is 512 g/mol. The maximum absolute atomic E-state index is 13.4. The second-order valence-electron chi connectivity index (χ2n) is 9.68. The van der Waals surface area contributed by atoms with Crippen molar-refractivity contribution in [3.8, 4) is 0 Å². The Morgan fingerprint density at radius 2 is 1.87 bits per heavy atom. The molecule has 0 spiro atoms. The van der Waals surface area contributed by atoms with Crippen LogP contribution < -0.4 is 5.56 Å². The van der Waals surface area contributed by atoms with Gasteiger partial charge in [0.25, 0.3) is 5.56 Å². The molecule has 0 bridgehead atoms. The number of rotatable bonds is 9. The quantitative estimate of drug-likeness (QED) is 0.304. The molecule has 0 aliphatic rings. The first-order valence-corrected chi connectivity index (χ1v) is 12.7. The molecule has 5 aromatic rings. The van der Waals surface area contributed by atoms with Crippen LogP contribution in [0.2, 0.25) is 0 Å². The molecule has 9 heteroatoms. The molecule has 5 rings (SSSR count). The summed E-state index contributed by atoms with van der Waals surface area (Å²) >= 11 is 0. The fraction of sp³-hybridized carbons (Fsp3) is 0.276. The van der Waals surface area contributed by atoms with Crippen molar-refractivity contribution in [2.24, 2.45) is 0 Å². The minimum atomic E-state index is -0.286. The highest BCUT2D eigenvalue weighted by atomic mass is 19.1. The van der Waals surface area contributed by atoms with Gasteiger partial charge in [-0.15, -0.1) is 5.10 Å². The monoisotopic (exact) mass is 511 g/mol. The summed E-state index contributed by atoms with van der Waals surface area (Å²) in [6, 6.07) is 16.2. The van der Waals surface area contributed by atoms with E-state index in [1.54, 1.807) is 23.0 Å². The van der Waals surface area contributed by atoms with Gasteiger partial charge in [-0.1, -0.05) is 31.2 Å². The number of benzene rings is 2. The van der Waals surface area contributed by atoms with Gasteiger partial charge >= 0.3 is 0 Å². The maximum atomic E-state index is 13.4. The van der Waals surface area contributed by atoms with Crippen LogP contribution in [0.25, 0.3) is 10.9 Å². The lowest BCUT2D eigenvalue weighted by Gasteiger charge is -2.30. The molecule has 38 heavy (non-hydrogen) atoms. The van der Waals surface area contributed by atoms with Crippen LogP contribution in [0, 0.1) is 19.7 Å². The summed E-state index contributed by atoms with van der Waals surface area (Å²) in [6.07, 6.45) is 4.29. The zero-order valence-electron chi connectivity index (χ0n) is 21.7. The largest absolute Gasteiger partial charge is 0.322 e. The Morgan fingerprint density at radius 1 is 1.05 bits per heavy atom. The summed E-state index contributed by atoms with van der Waals surface area (Å²) in [5.41, 5.74) is 5.54. The van der Waals surface area contributed by atoms with Crippen molar-refractivity contribution in [2.45, 2.75) is 52.9 Å². The van der Waals surface area contributed by atoms with E-state index in [1.807, 2.05) is 37.4 Å². The fourth-order valence-electron chi connectivity index (χ4n) is 4.98. The zero-order valence-corrected chi connectivity index (χ0v) is 21.7. The van der Waals surface area contributed by atoms with Gasteiger partial charge in [0.05, 0.1) is 12.6 Å². The summed E-state index contributed by atoms with van der Waals surface area (Å²) in [5.74, 6) is 0.399. The molecule has 8 nitrogen and oxygen atoms in total. The molecule has 1 N–H and O–H groups in total. The van der Waals surface area contributed by atoms with Gasteiger partial charge in [-0.05, 0) is 83.3 Å². The molecule has 3 aromatic heterocycles. The van der Waals surface area contributed by atoms with Crippen molar-refractivity contribution in [3.05, 3.63) is 117 Å². The predicted octanol–water partition coefficient (Wildman–Crippen LogP) is 4.87. The minimum absolute atomic E-state index is 0.112. The number of halogens is 1. The molecule has 1 atom stereocenters. The first-order chi connectivity index (χ1) is 18.4. The topological polar surface area (TPSA) is 92.6 Å². The summed E-state index contributed by atoms with van der Waals surface area (Å²) in [7, 11) is 0. The average Bonchev–Trinajstić information content (AvgIpc) is 3.35. The second-order valence-corrected chi connectivity index (χ2v) is 9.68. The van der Waals surface area contributed by atoms with Crippen molar-refractivity contribution in [3.63, 3.8) is 0 Å². The molecule has 3 heterocycles. The number of pyridine rings is 2. The number of aromatic nitrogens is 6. The summed E-state index contributed by atoms with van der Waals surface area (Å²) in [6.45, 7) is 7.53. The molecule has 0 aliphatic carbocycles. The first kappa shape index (κ1) is 25.4. The molecule has 0 saturated carbocycles. The Bertz CT molecular complexity index is 1600. The van der Waals surface area contributed by atoms with Crippen LogP contribution in [-0.4, -0.2) is 35.1 Å². The number of fused-ring (bicyclic) bond motifs is 1. The van der Waals surface area contributed by atoms with Crippen LogP contribution in [-0.2, 0) is 19.6 Å². The molecule has 0 unspecified atom stereocenters. The molecular formula is C29H30FN7O. The molecule has 0 aliphatic heterocycles. The van der Waals surface area contributed by atoms with Crippen molar-refractivity contribution in [1.29, 1.82) is 0 Å². The van der Waals surface area contributed by atoms with Gasteiger partial charge in [-0.25, -0.2) is 9.07 Å². The van der Waals surface area contributed by atoms with Gasteiger partial charge in [0.1, 0.15) is 5.82 Å². The smallest absolute Gasteiger partial charge is 0.252 e. The van der Waals surface area contributed by atoms with E-state index in [2.05, 4.69) is 50.3 Å². The normalized spacial score (nSPS) is 12.3. The van der Waals surface area contributed by atoms with E-state index in [4.69, 9.17) is 0 Å². The third-order valence-electron chi connectivity index (χ3n) is 6.80. The van der Waals surface area contributed by atoms with E-state index >= 15 is 0 Å². The van der Waals surface area contributed by atoms with Crippen LogP contribution in [0.4, 0.5) is 4.39 Å². The van der Waals surface area contributed by atoms with Crippen LogP contribution in [0.5, 0.6) is 0 Å². The minimum Gasteiger partial charge on any atom is -0.322 e. The molecular weight excluding hydrogens is 481 g/mol. The number of nitrogens with one attached hydrogen (secondary N) is 1. The van der Waals surface area contributed by atoms with Crippen LogP contribution in [0.3, 0.4) is 0 Å². The lowest BCUT2D eigenvalue weighted by atomic mass is 10.0. The highest BCUT2D eigenvalue weighted by Gasteiger charge is 2.26. The van der Waals surface area contributed by atoms with E-state index in [0.717, 1.165) is 33.2 Å². The standard InChI is InChI=1S/C29H30FN7O/c1-4-27(28-33-34-35-37(28)17-21-7-9-24(30)10-8-21)36(16-22-6-5-11-31-15-22)18-23-14-25-20(3)12-19(2)13-26(25)32-29(23)38/h5-15,27H,4,16-18H2,1-3H3,(H,32,38)/t27-/m1/s1. The molecule has 0 fully saturated rings. The van der Waals surface area contributed by atoms with Crippen molar-refractivity contribution < 1.29 is 4.39 Å². The summed E-state index contributed by atoms with van der Waals surface area (Å²) in [5, 5.41) is 13.6. The molecule has 194 valence electrons. The Labute approximate surface area is 220 Å². The molecule has 0 amide bonds. The van der Waals surface area contributed by atoms with Gasteiger partial charge in [0, 0.05) is 41.9 Å². The van der Waals surface area contributed by atoms with Crippen LogP contribution in [0.1, 0.15) is 53.0 Å². The Hall–Kier alpha value is -4.24. The number of H-pyrrole nitrogens is 1. The molecule has 0 saturated heterocycles. The Kier molecular flexibility index (Phi) is 7.37. The van der Waals surface area contributed by atoms with Gasteiger partial charge in [0.2, 0.25) is 0 Å². The van der Waals surface area contributed by atoms with Gasteiger partial charge in [-0.3, -0.25) is 14.7 Å². The highest BCUT2D eigenvalue weighted by molar-refractivity contribution is 5.83. The number of tetrazole rings is 1. The van der Waals surface area contributed by atoms with Gasteiger partial charge < -0.3 is 4.98 Å². The SMILES string of the molecule is CC[C@H](c1nnnn1Cc1ccc(F)cc1)N(Cc1cccnc1)Cc1cc2c(C)cc(C)cc2[nH]c1=O. The molecule has 2 aromatic carbocycles. The lowest BCUT2D eigenvalue weighted by Crippen LogP contribution is -2.32. The molecule has 0 radical (unpaired) electrons. The third-order valence-corrected chi connectivity index (χ3v) is 6.80. The number of aromatic amines is 1. The number of aryl methyl sites for hydroxylation is 2. The van der Waals surface area contributed by atoms with Gasteiger partial charge in [-0.2, -0.15) is 0 Å². The number of hydrogen-bond acceptors (Lipinski definition) is 6. The van der Waals surface area contributed by atoms with Crippen molar-refractivity contribution >= 4 is 10.9 Å². The maximum Gasteiger partial charge on any atom is 0.252 e. The van der Waals surface area contributed by atoms with E-state index in [0.29, 0.717) is 37.4 Å².